The zero-order valence-electron chi connectivity index (χ0n) is 14.2. The minimum Gasteiger partial charge on any atom is -0.410 e. The van der Waals surface area contributed by atoms with Gasteiger partial charge < -0.3 is 9.53 Å². The van der Waals surface area contributed by atoms with Crippen molar-refractivity contribution in [2.45, 2.75) is 84.7 Å². The van der Waals surface area contributed by atoms with Crippen molar-refractivity contribution in [1.29, 1.82) is 0 Å². The molecule has 0 heterocycles. The molecule has 0 amide bonds. The molecule has 19 heavy (non-hydrogen) atoms. The van der Waals surface area contributed by atoms with E-state index in [2.05, 4.69) is 60.7 Å². The molecule has 0 radical (unpaired) electrons. The van der Waals surface area contributed by atoms with Crippen molar-refractivity contribution in [3.8, 4) is 0 Å². The molecule has 0 aromatic heterocycles. The van der Waals surface area contributed by atoms with Crippen molar-refractivity contribution >= 4 is 8.32 Å². The summed E-state index contributed by atoms with van der Waals surface area (Å²) in [6, 6.07) is 0. The van der Waals surface area contributed by atoms with E-state index in [4.69, 9.17) is 4.43 Å². The Morgan fingerprint density at radius 1 is 1.21 bits per heavy atom. The highest BCUT2D eigenvalue weighted by Crippen LogP contribution is 2.46. The van der Waals surface area contributed by atoms with Crippen molar-refractivity contribution in [2.24, 2.45) is 5.41 Å². The van der Waals surface area contributed by atoms with Crippen LogP contribution in [0.25, 0.3) is 0 Å². The molecule has 1 N–H and O–H groups in total. The predicted octanol–water partition coefficient (Wildman–Crippen LogP) is 4.50. The van der Waals surface area contributed by atoms with Gasteiger partial charge >= 0.3 is 0 Å². The Balaban J connectivity index is 2.89. The van der Waals surface area contributed by atoms with Crippen molar-refractivity contribution < 1.29 is 9.53 Å². The Kier molecular flexibility index (Phi) is 4.20. The summed E-state index contributed by atoms with van der Waals surface area (Å²) >= 11 is 0. The summed E-state index contributed by atoms with van der Waals surface area (Å²) in [4.78, 5) is 0. The molecule has 0 spiro atoms. The van der Waals surface area contributed by atoms with Gasteiger partial charge in [-0.3, -0.25) is 0 Å². The second-order valence-corrected chi connectivity index (χ2v) is 13.3. The predicted molar refractivity (Wildman–Crippen MR) is 84.8 cm³/mol. The van der Waals surface area contributed by atoms with E-state index in [0.29, 0.717) is 6.42 Å². The molecular weight excluding hydrogens is 252 g/mol. The lowest BCUT2D eigenvalue weighted by molar-refractivity contribution is -0.0375. The summed E-state index contributed by atoms with van der Waals surface area (Å²) in [5.74, 6) is 0. The van der Waals surface area contributed by atoms with Crippen molar-refractivity contribution in [2.75, 3.05) is 0 Å². The van der Waals surface area contributed by atoms with Gasteiger partial charge in [0.05, 0.1) is 11.7 Å². The molecule has 3 heteroatoms. The van der Waals surface area contributed by atoms with Gasteiger partial charge in [0.15, 0.2) is 8.32 Å². The molecule has 2 nitrogen and oxygen atoms in total. The van der Waals surface area contributed by atoms with Gasteiger partial charge in [-0.15, -0.1) is 0 Å². The van der Waals surface area contributed by atoms with Crippen LogP contribution in [-0.2, 0) is 4.43 Å². The first-order valence-corrected chi connectivity index (χ1v) is 10.2. The zero-order chi connectivity index (χ0) is 15.3. The van der Waals surface area contributed by atoms with Crippen LogP contribution in [0.1, 0.15) is 54.9 Å². The molecule has 0 unspecified atom stereocenters. The number of rotatable bonds is 2. The standard InChI is InChI=1S/C16H32O2Si/c1-12-10-13(11-16(12,17)14(2,3)4)18-19(8,9)15(5,6)7/h10,13,17H,11H2,1-9H3/t13-,16-/m1/s1. The van der Waals surface area contributed by atoms with Crippen LogP contribution in [0.15, 0.2) is 11.6 Å². The fourth-order valence-corrected chi connectivity index (χ4v) is 3.72. The van der Waals surface area contributed by atoms with E-state index in [1.807, 2.05) is 6.92 Å². The van der Waals surface area contributed by atoms with Crippen molar-refractivity contribution in [3.05, 3.63) is 11.6 Å². The molecule has 0 bridgehead atoms. The maximum Gasteiger partial charge on any atom is 0.192 e. The Hall–Kier alpha value is -0.123. The van der Waals surface area contributed by atoms with Gasteiger partial charge in [0.1, 0.15) is 0 Å². The topological polar surface area (TPSA) is 29.5 Å². The molecule has 112 valence electrons. The molecule has 0 saturated heterocycles. The zero-order valence-corrected chi connectivity index (χ0v) is 15.2. The van der Waals surface area contributed by atoms with E-state index in [0.717, 1.165) is 5.57 Å². The second kappa shape index (κ2) is 4.71. The summed E-state index contributed by atoms with van der Waals surface area (Å²) in [5, 5.41) is 11.1. The van der Waals surface area contributed by atoms with Crippen LogP contribution in [0.3, 0.4) is 0 Å². The normalized spacial score (nSPS) is 29.6. The van der Waals surface area contributed by atoms with Gasteiger partial charge in [0.2, 0.25) is 0 Å². The third-order valence-corrected chi connectivity index (χ3v) is 9.58. The highest BCUT2D eigenvalue weighted by atomic mass is 28.4. The summed E-state index contributed by atoms with van der Waals surface area (Å²) in [6.07, 6.45) is 2.88. The first-order valence-electron chi connectivity index (χ1n) is 7.30. The fourth-order valence-electron chi connectivity index (χ4n) is 2.46. The monoisotopic (exact) mass is 284 g/mol. The summed E-state index contributed by atoms with van der Waals surface area (Å²) in [6.45, 7) is 19.6. The Labute approximate surface area is 120 Å². The molecule has 1 rings (SSSR count). The van der Waals surface area contributed by atoms with Gasteiger partial charge in [-0.05, 0) is 36.0 Å². The number of aliphatic hydroxyl groups is 1. The van der Waals surface area contributed by atoms with E-state index < -0.39 is 13.9 Å². The van der Waals surface area contributed by atoms with Crippen LogP contribution in [0.5, 0.6) is 0 Å². The highest BCUT2D eigenvalue weighted by molar-refractivity contribution is 6.74. The van der Waals surface area contributed by atoms with Crippen molar-refractivity contribution in [1.82, 2.24) is 0 Å². The highest BCUT2D eigenvalue weighted by Gasteiger charge is 2.49. The Morgan fingerprint density at radius 3 is 2.00 bits per heavy atom. The van der Waals surface area contributed by atoms with Crippen LogP contribution in [0.4, 0.5) is 0 Å². The SMILES string of the molecule is CC1=C[C@@H](O[Si](C)(C)C(C)(C)C)C[C@]1(O)C(C)(C)C. The van der Waals surface area contributed by atoms with Crippen LogP contribution < -0.4 is 0 Å². The van der Waals surface area contributed by atoms with Crippen LogP contribution in [0, 0.1) is 5.41 Å². The second-order valence-electron chi connectivity index (χ2n) is 8.58. The summed E-state index contributed by atoms with van der Waals surface area (Å²) in [5.41, 5.74) is 0.169. The lowest BCUT2D eigenvalue weighted by atomic mass is 9.73. The average Bonchev–Trinajstić information content (AvgIpc) is 2.38. The maximum absolute atomic E-state index is 10.9. The molecule has 0 aromatic rings. The average molecular weight is 285 g/mol. The van der Waals surface area contributed by atoms with E-state index in [9.17, 15) is 5.11 Å². The van der Waals surface area contributed by atoms with Crippen molar-refractivity contribution in [3.63, 3.8) is 0 Å². The Bertz CT molecular complexity index is 371. The largest absolute Gasteiger partial charge is 0.410 e. The number of hydrogen-bond donors (Lipinski definition) is 1. The lowest BCUT2D eigenvalue weighted by Gasteiger charge is -2.41. The smallest absolute Gasteiger partial charge is 0.192 e. The van der Waals surface area contributed by atoms with Gasteiger partial charge in [-0.2, -0.15) is 0 Å². The molecule has 2 atom stereocenters. The number of hydrogen-bond acceptors (Lipinski definition) is 2. The lowest BCUT2D eigenvalue weighted by Crippen LogP contribution is -2.46. The molecule has 0 fully saturated rings. The molecule has 0 aliphatic heterocycles. The van der Waals surface area contributed by atoms with Gasteiger partial charge in [0, 0.05) is 6.42 Å². The van der Waals surface area contributed by atoms with Gasteiger partial charge in [0.25, 0.3) is 0 Å². The van der Waals surface area contributed by atoms with Gasteiger partial charge in [-0.1, -0.05) is 47.6 Å². The molecular formula is C16H32O2Si. The van der Waals surface area contributed by atoms with E-state index in [-0.39, 0.29) is 16.6 Å². The first-order chi connectivity index (χ1) is 8.21. The summed E-state index contributed by atoms with van der Waals surface area (Å²) in [7, 11) is -1.78. The third kappa shape index (κ3) is 3.14. The first kappa shape index (κ1) is 16.9. The summed E-state index contributed by atoms with van der Waals surface area (Å²) < 4.78 is 6.43. The quantitative estimate of drug-likeness (QED) is 0.597. The van der Waals surface area contributed by atoms with Crippen LogP contribution in [0.2, 0.25) is 18.1 Å². The van der Waals surface area contributed by atoms with Gasteiger partial charge in [-0.25, -0.2) is 0 Å². The van der Waals surface area contributed by atoms with E-state index >= 15 is 0 Å². The maximum atomic E-state index is 10.9. The molecule has 1 aliphatic rings. The van der Waals surface area contributed by atoms with Crippen LogP contribution in [-0.4, -0.2) is 25.1 Å². The molecule has 1 aliphatic carbocycles. The Morgan fingerprint density at radius 2 is 1.68 bits per heavy atom. The minimum atomic E-state index is -1.78. The van der Waals surface area contributed by atoms with E-state index in [1.54, 1.807) is 0 Å². The third-order valence-electron chi connectivity index (χ3n) is 5.08. The van der Waals surface area contributed by atoms with Crippen LogP contribution >= 0.6 is 0 Å². The molecule has 0 aromatic carbocycles. The molecule has 0 saturated carbocycles. The van der Waals surface area contributed by atoms with E-state index in [1.165, 1.54) is 0 Å². The fraction of sp³-hybridized carbons (Fsp3) is 0.875. The minimum absolute atomic E-state index is 0.0603.